The second kappa shape index (κ2) is 9.59. The number of nitrogens with zero attached hydrogens (tertiary/aromatic N) is 1. The van der Waals surface area contributed by atoms with Gasteiger partial charge in [0.1, 0.15) is 5.75 Å². The summed E-state index contributed by atoms with van der Waals surface area (Å²) >= 11 is 0. The number of aryl methyl sites for hydroxylation is 2. The van der Waals surface area contributed by atoms with Crippen molar-refractivity contribution >= 4 is 17.7 Å². The maximum absolute atomic E-state index is 13.3. The Balaban J connectivity index is 1.45. The zero-order valence-corrected chi connectivity index (χ0v) is 20.0. The molecule has 174 valence electrons. The SMILES string of the molecule is Cc1ccc(-c2ccc3c(c2)C=C(C(=O)Nc2ccc(O)c(-c4ccccn4)c2C)CCC3)cc1. The van der Waals surface area contributed by atoms with Crippen LogP contribution in [0.3, 0.4) is 0 Å². The van der Waals surface area contributed by atoms with E-state index in [1.54, 1.807) is 18.3 Å². The van der Waals surface area contributed by atoms with Crippen LogP contribution in [-0.2, 0) is 11.2 Å². The predicted molar refractivity (Wildman–Crippen MR) is 142 cm³/mol. The largest absolute Gasteiger partial charge is 0.507 e. The summed E-state index contributed by atoms with van der Waals surface area (Å²) in [6.07, 6.45) is 6.30. The molecule has 0 saturated heterocycles. The molecular weight excluding hydrogens is 432 g/mol. The summed E-state index contributed by atoms with van der Waals surface area (Å²) in [5.41, 5.74) is 9.44. The number of anilines is 1. The number of rotatable bonds is 4. The monoisotopic (exact) mass is 460 g/mol. The summed E-state index contributed by atoms with van der Waals surface area (Å²) < 4.78 is 0. The molecule has 0 bridgehead atoms. The molecule has 3 aromatic carbocycles. The Morgan fingerprint density at radius 3 is 2.49 bits per heavy atom. The number of nitrogens with one attached hydrogen (secondary N) is 1. The molecule has 35 heavy (non-hydrogen) atoms. The third-order valence-electron chi connectivity index (χ3n) is 6.66. The Hall–Kier alpha value is -4.18. The van der Waals surface area contributed by atoms with Crippen LogP contribution in [0.25, 0.3) is 28.5 Å². The Morgan fingerprint density at radius 1 is 0.914 bits per heavy atom. The second-order valence-electron chi connectivity index (χ2n) is 9.10. The summed E-state index contributed by atoms with van der Waals surface area (Å²) in [5, 5.41) is 13.6. The minimum absolute atomic E-state index is 0.112. The van der Waals surface area contributed by atoms with Gasteiger partial charge in [-0.25, -0.2) is 0 Å². The second-order valence-corrected chi connectivity index (χ2v) is 9.10. The molecule has 1 amide bonds. The van der Waals surface area contributed by atoms with Gasteiger partial charge in [0.05, 0.1) is 5.69 Å². The molecule has 0 radical (unpaired) electrons. The topological polar surface area (TPSA) is 62.2 Å². The maximum atomic E-state index is 13.3. The molecule has 0 fully saturated rings. The van der Waals surface area contributed by atoms with E-state index < -0.39 is 0 Å². The number of phenolic OH excluding ortho intramolecular Hbond substituents is 1. The summed E-state index contributed by atoms with van der Waals surface area (Å²) in [7, 11) is 0. The van der Waals surface area contributed by atoms with Crippen LogP contribution in [0, 0.1) is 13.8 Å². The van der Waals surface area contributed by atoms with Crippen LogP contribution in [-0.4, -0.2) is 16.0 Å². The fourth-order valence-electron chi connectivity index (χ4n) is 4.66. The molecule has 0 aliphatic heterocycles. The number of phenols is 1. The molecule has 4 heteroatoms. The molecule has 1 aliphatic rings. The van der Waals surface area contributed by atoms with E-state index in [9.17, 15) is 9.90 Å². The number of carbonyl (C=O) groups excluding carboxylic acids is 1. The van der Waals surface area contributed by atoms with Crippen molar-refractivity contribution in [2.24, 2.45) is 0 Å². The number of aromatic hydroxyl groups is 1. The third-order valence-corrected chi connectivity index (χ3v) is 6.66. The maximum Gasteiger partial charge on any atom is 0.251 e. The van der Waals surface area contributed by atoms with Gasteiger partial charge >= 0.3 is 0 Å². The summed E-state index contributed by atoms with van der Waals surface area (Å²) in [4.78, 5) is 17.7. The highest BCUT2D eigenvalue weighted by Crippen LogP contribution is 2.36. The third kappa shape index (κ3) is 4.73. The Morgan fingerprint density at radius 2 is 1.71 bits per heavy atom. The van der Waals surface area contributed by atoms with Crippen molar-refractivity contribution in [1.29, 1.82) is 0 Å². The zero-order valence-electron chi connectivity index (χ0n) is 20.0. The number of pyridine rings is 1. The van der Waals surface area contributed by atoms with Crippen molar-refractivity contribution < 1.29 is 9.90 Å². The Kier molecular flexibility index (Phi) is 6.19. The molecule has 1 aromatic heterocycles. The van der Waals surface area contributed by atoms with E-state index in [1.165, 1.54) is 16.7 Å². The average molecular weight is 461 g/mol. The summed E-state index contributed by atoms with van der Waals surface area (Å²) in [5.74, 6) is 0.0322. The standard InChI is InChI=1S/C31H28N2O2/c1-20-9-11-23(12-10-20)24-14-13-22-6-5-7-25(19-26(22)18-24)31(35)33-27-15-16-29(34)30(21(27)2)28-8-3-4-17-32-28/h3-4,8-19,34H,5-7H2,1-2H3,(H,33,35). The molecule has 0 unspecified atom stereocenters. The first-order chi connectivity index (χ1) is 17.0. The van der Waals surface area contributed by atoms with Gasteiger partial charge in [0.2, 0.25) is 0 Å². The number of hydrogen-bond acceptors (Lipinski definition) is 3. The lowest BCUT2D eigenvalue weighted by molar-refractivity contribution is -0.112. The number of hydrogen-bond donors (Lipinski definition) is 2. The van der Waals surface area contributed by atoms with Crippen LogP contribution in [0.2, 0.25) is 0 Å². The van der Waals surface area contributed by atoms with Crippen molar-refractivity contribution in [3.05, 3.63) is 107 Å². The highest BCUT2D eigenvalue weighted by Gasteiger charge is 2.18. The van der Waals surface area contributed by atoms with Crippen molar-refractivity contribution in [3.8, 4) is 28.1 Å². The minimum atomic E-state index is -0.112. The summed E-state index contributed by atoms with van der Waals surface area (Å²) in [6, 6.07) is 24.0. The molecule has 0 spiro atoms. The van der Waals surface area contributed by atoms with Gasteiger partial charge < -0.3 is 10.4 Å². The minimum Gasteiger partial charge on any atom is -0.507 e. The van der Waals surface area contributed by atoms with Crippen LogP contribution in [0.4, 0.5) is 5.69 Å². The fraction of sp³-hybridized carbons (Fsp3) is 0.161. The first-order valence-electron chi connectivity index (χ1n) is 12.0. The van der Waals surface area contributed by atoms with Crippen molar-refractivity contribution in [2.75, 3.05) is 5.32 Å². The smallest absolute Gasteiger partial charge is 0.251 e. The van der Waals surface area contributed by atoms with E-state index in [4.69, 9.17) is 0 Å². The number of benzene rings is 3. The van der Waals surface area contributed by atoms with Gasteiger partial charge in [0, 0.05) is 23.0 Å². The zero-order chi connectivity index (χ0) is 24.4. The number of amides is 1. The number of aromatic nitrogens is 1. The highest BCUT2D eigenvalue weighted by molar-refractivity contribution is 6.07. The van der Waals surface area contributed by atoms with Crippen LogP contribution in [0.5, 0.6) is 5.75 Å². The Labute approximate surface area is 206 Å². The van der Waals surface area contributed by atoms with Gasteiger partial charge in [-0.2, -0.15) is 0 Å². The molecule has 5 rings (SSSR count). The lowest BCUT2D eigenvalue weighted by Crippen LogP contribution is -2.15. The lowest BCUT2D eigenvalue weighted by atomic mass is 9.97. The lowest BCUT2D eigenvalue weighted by Gasteiger charge is -2.15. The van der Waals surface area contributed by atoms with E-state index >= 15 is 0 Å². The highest BCUT2D eigenvalue weighted by atomic mass is 16.3. The molecule has 1 heterocycles. The van der Waals surface area contributed by atoms with E-state index in [1.807, 2.05) is 31.2 Å². The first kappa shape index (κ1) is 22.6. The molecule has 0 saturated carbocycles. The van der Waals surface area contributed by atoms with E-state index in [2.05, 4.69) is 59.7 Å². The van der Waals surface area contributed by atoms with E-state index in [-0.39, 0.29) is 11.7 Å². The van der Waals surface area contributed by atoms with Crippen LogP contribution in [0.1, 0.15) is 35.1 Å². The van der Waals surface area contributed by atoms with Crippen molar-refractivity contribution in [1.82, 2.24) is 4.98 Å². The average Bonchev–Trinajstić information content (AvgIpc) is 3.09. The van der Waals surface area contributed by atoms with Gasteiger partial charge in [0.25, 0.3) is 5.91 Å². The molecule has 2 N–H and O–H groups in total. The van der Waals surface area contributed by atoms with Gasteiger partial charge in [-0.3, -0.25) is 9.78 Å². The molecular formula is C31H28N2O2. The van der Waals surface area contributed by atoms with E-state index in [0.717, 1.165) is 35.1 Å². The summed E-state index contributed by atoms with van der Waals surface area (Å²) in [6.45, 7) is 3.98. The number of carbonyl (C=O) groups is 1. The molecule has 0 atom stereocenters. The Bertz CT molecular complexity index is 1420. The normalized spacial score (nSPS) is 12.9. The molecule has 1 aliphatic carbocycles. The van der Waals surface area contributed by atoms with Gasteiger partial charge in [0.15, 0.2) is 0 Å². The fourth-order valence-corrected chi connectivity index (χ4v) is 4.66. The van der Waals surface area contributed by atoms with Gasteiger partial charge in [-0.05, 0) is 97.3 Å². The van der Waals surface area contributed by atoms with Crippen LogP contribution >= 0.6 is 0 Å². The van der Waals surface area contributed by atoms with Crippen molar-refractivity contribution in [2.45, 2.75) is 33.1 Å². The predicted octanol–water partition coefficient (Wildman–Crippen LogP) is 7.10. The van der Waals surface area contributed by atoms with Crippen LogP contribution < -0.4 is 5.32 Å². The molecule has 4 nitrogen and oxygen atoms in total. The number of fused-ring (bicyclic) bond motifs is 1. The quantitative estimate of drug-likeness (QED) is 0.319. The van der Waals surface area contributed by atoms with Gasteiger partial charge in [-0.15, -0.1) is 0 Å². The molecule has 4 aromatic rings. The first-order valence-corrected chi connectivity index (χ1v) is 12.0. The van der Waals surface area contributed by atoms with Crippen molar-refractivity contribution in [3.63, 3.8) is 0 Å². The van der Waals surface area contributed by atoms with Gasteiger partial charge in [-0.1, -0.05) is 48.0 Å². The van der Waals surface area contributed by atoms with Crippen LogP contribution in [0.15, 0.2) is 84.6 Å². The van der Waals surface area contributed by atoms with E-state index in [0.29, 0.717) is 23.4 Å².